The second-order valence-corrected chi connectivity index (χ2v) is 5.90. The normalized spacial score (nSPS) is 12.2. The number of hydrogen-bond acceptors (Lipinski definition) is 2. The first-order valence-electron chi connectivity index (χ1n) is 7.45. The molecule has 0 spiro atoms. The maximum absolute atomic E-state index is 11.7. The minimum atomic E-state index is -0.831. The third-order valence-electron chi connectivity index (χ3n) is 3.46. The Kier molecular flexibility index (Phi) is 6.92. The fraction of sp³-hybridized carbons (Fsp3) is 0.529. The Morgan fingerprint density at radius 1 is 1.14 bits per heavy atom. The topological polar surface area (TPSA) is 66.4 Å². The van der Waals surface area contributed by atoms with Crippen molar-refractivity contribution in [1.82, 2.24) is 5.32 Å². The Morgan fingerprint density at radius 3 is 2.29 bits per heavy atom. The summed E-state index contributed by atoms with van der Waals surface area (Å²) < 4.78 is 0. The first-order chi connectivity index (χ1) is 9.88. The van der Waals surface area contributed by atoms with Gasteiger partial charge in [0.05, 0.1) is 0 Å². The van der Waals surface area contributed by atoms with Crippen molar-refractivity contribution < 1.29 is 14.7 Å². The summed E-state index contributed by atoms with van der Waals surface area (Å²) in [4.78, 5) is 22.3. The van der Waals surface area contributed by atoms with E-state index in [0.29, 0.717) is 25.3 Å². The van der Waals surface area contributed by atoms with Gasteiger partial charge in [0.25, 0.3) is 0 Å². The van der Waals surface area contributed by atoms with Gasteiger partial charge in [0.15, 0.2) is 0 Å². The van der Waals surface area contributed by atoms with Crippen LogP contribution in [-0.4, -0.2) is 23.5 Å². The Bertz CT molecular complexity index is 465. The lowest BCUT2D eigenvalue weighted by Gasteiger charge is -2.10. The highest BCUT2D eigenvalue weighted by Crippen LogP contribution is 2.15. The molecule has 2 N–H and O–H groups in total. The van der Waals surface area contributed by atoms with Gasteiger partial charge in [-0.15, -0.1) is 0 Å². The van der Waals surface area contributed by atoms with Crippen LogP contribution in [0.25, 0.3) is 0 Å². The number of carbonyl (C=O) groups is 2. The predicted octanol–water partition coefficient (Wildman–Crippen LogP) is 2.97. The van der Waals surface area contributed by atoms with Crippen molar-refractivity contribution in [3.8, 4) is 0 Å². The Labute approximate surface area is 126 Å². The second-order valence-electron chi connectivity index (χ2n) is 5.90. The number of carbonyl (C=O) groups excluding carboxylic acids is 1. The van der Waals surface area contributed by atoms with Crippen molar-refractivity contribution in [3.05, 3.63) is 35.4 Å². The molecule has 0 aliphatic heterocycles. The Hall–Kier alpha value is -1.84. The van der Waals surface area contributed by atoms with Crippen LogP contribution in [0.3, 0.4) is 0 Å². The van der Waals surface area contributed by atoms with Crippen molar-refractivity contribution in [2.45, 2.75) is 46.0 Å². The first kappa shape index (κ1) is 17.2. The van der Waals surface area contributed by atoms with Gasteiger partial charge in [-0.05, 0) is 29.4 Å². The molecule has 0 aliphatic rings. The lowest BCUT2D eigenvalue weighted by Crippen LogP contribution is -2.29. The summed E-state index contributed by atoms with van der Waals surface area (Å²) in [5, 5.41) is 11.4. The highest BCUT2D eigenvalue weighted by atomic mass is 16.4. The summed E-state index contributed by atoms with van der Waals surface area (Å²) in [6.07, 6.45) is 1.22. The van der Waals surface area contributed by atoms with Crippen LogP contribution in [0.4, 0.5) is 0 Å². The molecule has 1 rings (SSSR count). The molecule has 1 aromatic rings. The minimum Gasteiger partial charge on any atom is -0.481 e. The summed E-state index contributed by atoms with van der Waals surface area (Å²) in [7, 11) is 0. The monoisotopic (exact) mass is 291 g/mol. The molecule has 0 aromatic heterocycles. The standard InChI is InChI=1S/C17H25NO3/c1-12(2)15-7-4-14(5-8-15)6-9-16(19)18-11-13(3)10-17(20)21/h4-5,7-8,12-13H,6,9-11H2,1-3H3,(H,18,19)(H,20,21). The summed E-state index contributed by atoms with van der Waals surface area (Å²) in [6.45, 7) is 6.54. The molecule has 0 aliphatic carbocycles. The van der Waals surface area contributed by atoms with E-state index in [1.807, 2.05) is 6.92 Å². The van der Waals surface area contributed by atoms with E-state index in [1.165, 1.54) is 5.56 Å². The average Bonchev–Trinajstić information content (AvgIpc) is 2.42. The second kappa shape index (κ2) is 8.45. The van der Waals surface area contributed by atoms with Crippen molar-refractivity contribution in [3.63, 3.8) is 0 Å². The molecule has 0 heterocycles. The highest BCUT2D eigenvalue weighted by molar-refractivity contribution is 5.76. The van der Waals surface area contributed by atoms with E-state index in [2.05, 4.69) is 43.4 Å². The fourth-order valence-electron chi connectivity index (χ4n) is 2.07. The summed E-state index contributed by atoms with van der Waals surface area (Å²) in [5.74, 6) is -0.392. The molecule has 0 radical (unpaired) electrons. The summed E-state index contributed by atoms with van der Waals surface area (Å²) >= 11 is 0. The molecule has 4 heteroatoms. The molecule has 0 fully saturated rings. The van der Waals surface area contributed by atoms with Crippen LogP contribution in [0.15, 0.2) is 24.3 Å². The van der Waals surface area contributed by atoms with Crippen molar-refractivity contribution in [1.29, 1.82) is 0 Å². The van der Waals surface area contributed by atoms with Gasteiger partial charge >= 0.3 is 5.97 Å². The number of nitrogens with one attached hydrogen (secondary N) is 1. The minimum absolute atomic E-state index is 0.0276. The molecular formula is C17H25NO3. The number of benzene rings is 1. The number of aryl methyl sites for hydroxylation is 1. The van der Waals surface area contributed by atoms with Crippen LogP contribution >= 0.6 is 0 Å². The molecule has 1 atom stereocenters. The number of carboxylic acids is 1. The number of amides is 1. The van der Waals surface area contributed by atoms with Crippen LogP contribution in [0, 0.1) is 5.92 Å². The van der Waals surface area contributed by atoms with E-state index in [0.717, 1.165) is 5.56 Å². The molecule has 0 saturated carbocycles. The Morgan fingerprint density at radius 2 is 1.76 bits per heavy atom. The van der Waals surface area contributed by atoms with Crippen LogP contribution in [0.1, 0.15) is 50.7 Å². The molecule has 1 amide bonds. The molecule has 116 valence electrons. The summed E-state index contributed by atoms with van der Waals surface area (Å²) in [5.41, 5.74) is 2.44. The van der Waals surface area contributed by atoms with E-state index in [-0.39, 0.29) is 18.2 Å². The van der Waals surface area contributed by atoms with E-state index >= 15 is 0 Å². The van der Waals surface area contributed by atoms with Gasteiger partial charge in [-0.25, -0.2) is 0 Å². The molecular weight excluding hydrogens is 266 g/mol. The van der Waals surface area contributed by atoms with Crippen molar-refractivity contribution in [2.75, 3.05) is 6.54 Å². The molecule has 0 saturated heterocycles. The number of rotatable bonds is 8. The molecule has 21 heavy (non-hydrogen) atoms. The number of carboxylic acid groups (broad SMARTS) is 1. The molecule has 0 bridgehead atoms. The van der Waals surface area contributed by atoms with Crippen LogP contribution < -0.4 is 5.32 Å². The van der Waals surface area contributed by atoms with E-state index in [9.17, 15) is 9.59 Å². The third-order valence-corrected chi connectivity index (χ3v) is 3.46. The van der Waals surface area contributed by atoms with E-state index in [1.54, 1.807) is 0 Å². The van der Waals surface area contributed by atoms with Gasteiger partial charge in [-0.3, -0.25) is 9.59 Å². The van der Waals surface area contributed by atoms with Gasteiger partial charge in [0.1, 0.15) is 0 Å². The van der Waals surface area contributed by atoms with Gasteiger partial charge < -0.3 is 10.4 Å². The molecule has 4 nitrogen and oxygen atoms in total. The van der Waals surface area contributed by atoms with Gasteiger partial charge in [0, 0.05) is 19.4 Å². The van der Waals surface area contributed by atoms with Gasteiger partial charge in [-0.1, -0.05) is 45.0 Å². The maximum atomic E-state index is 11.7. The quantitative estimate of drug-likeness (QED) is 0.774. The van der Waals surface area contributed by atoms with Crippen molar-refractivity contribution >= 4 is 11.9 Å². The van der Waals surface area contributed by atoms with Crippen molar-refractivity contribution in [2.24, 2.45) is 5.92 Å². The fourth-order valence-corrected chi connectivity index (χ4v) is 2.07. The smallest absolute Gasteiger partial charge is 0.303 e. The zero-order valence-electron chi connectivity index (χ0n) is 13.1. The van der Waals surface area contributed by atoms with Crippen LogP contribution in [0.5, 0.6) is 0 Å². The van der Waals surface area contributed by atoms with E-state index in [4.69, 9.17) is 5.11 Å². The molecule has 1 aromatic carbocycles. The zero-order valence-corrected chi connectivity index (χ0v) is 13.1. The van der Waals surface area contributed by atoms with E-state index < -0.39 is 5.97 Å². The number of aliphatic carboxylic acids is 1. The lowest BCUT2D eigenvalue weighted by atomic mass is 10.0. The predicted molar refractivity (Wildman–Crippen MR) is 83.3 cm³/mol. The molecule has 1 unspecified atom stereocenters. The van der Waals surface area contributed by atoms with Crippen LogP contribution in [-0.2, 0) is 16.0 Å². The Balaban J connectivity index is 2.31. The van der Waals surface area contributed by atoms with Gasteiger partial charge in [0.2, 0.25) is 5.91 Å². The first-order valence-corrected chi connectivity index (χ1v) is 7.45. The van der Waals surface area contributed by atoms with Crippen LogP contribution in [0.2, 0.25) is 0 Å². The highest BCUT2D eigenvalue weighted by Gasteiger charge is 2.09. The number of hydrogen-bond donors (Lipinski definition) is 2. The summed E-state index contributed by atoms with van der Waals surface area (Å²) in [6, 6.07) is 8.34. The zero-order chi connectivity index (χ0) is 15.8. The average molecular weight is 291 g/mol. The largest absolute Gasteiger partial charge is 0.481 e. The lowest BCUT2D eigenvalue weighted by molar-refractivity contribution is -0.138. The third kappa shape index (κ3) is 6.93. The maximum Gasteiger partial charge on any atom is 0.303 e. The SMILES string of the molecule is CC(CNC(=O)CCc1ccc(C(C)C)cc1)CC(=O)O. The van der Waals surface area contributed by atoms with Gasteiger partial charge in [-0.2, -0.15) is 0 Å².